The molecule has 1 unspecified atom stereocenters. The van der Waals surface area contributed by atoms with E-state index in [2.05, 4.69) is 5.32 Å². The fourth-order valence-electron chi connectivity index (χ4n) is 1.86. The molecule has 2 N–H and O–H groups in total. The van der Waals surface area contributed by atoms with Gasteiger partial charge in [0.05, 0.1) is 12.3 Å². The summed E-state index contributed by atoms with van der Waals surface area (Å²) in [7, 11) is 0. The van der Waals surface area contributed by atoms with E-state index in [1.165, 1.54) is 28.7 Å². The van der Waals surface area contributed by atoms with E-state index in [9.17, 15) is 9.90 Å². The Kier molecular flexibility index (Phi) is 5.45. The molecule has 0 aliphatic heterocycles. The average molecular weight is 321 g/mol. The lowest BCUT2D eigenvalue weighted by Crippen LogP contribution is -2.38. The lowest BCUT2D eigenvalue weighted by atomic mass is 10.1. The summed E-state index contributed by atoms with van der Waals surface area (Å²) in [5.41, 5.74) is 0.151. The zero-order valence-corrected chi connectivity index (χ0v) is 13.8. The number of carbonyl (C=O) groups excluding carboxylic acids is 1. The Morgan fingerprint density at radius 2 is 2.10 bits per heavy atom. The molecule has 0 spiro atoms. The van der Waals surface area contributed by atoms with Crippen molar-refractivity contribution in [3.05, 3.63) is 52.2 Å². The first-order valence-electron chi connectivity index (χ1n) is 6.70. The maximum atomic E-state index is 11.9. The summed E-state index contributed by atoms with van der Waals surface area (Å²) >= 11 is 3.00. The van der Waals surface area contributed by atoms with Crippen LogP contribution in [0.5, 0.6) is 0 Å². The third kappa shape index (κ3) is 4.59. The van der Waals surface area contributed by atoms with E-state index in [0.29, 0.717) is 5.75 Å². The summed E-state index contributed by atoms with van der Waals surface area (Å²) in [6, 6.07) is 11.8. The maximum Gasteiger partial charge on any atom is 0.230 e. The lowest BCUT2D eigenvalue weighted by molar-refractivity contribution is -0.119. The fourth-order valence-corrected chi connectivity index (χ4v) is 3.50. The van der Waals surface area contributed by atoms with Gasteiger partial charge in [0.2, 0.25) is 5.91 Å². The highest BCUT2D eigenvalue weighted by atomic mass is 32.2. The number of thioether (sulfide) groups is 1. The van der Waals surface area contributed by atoms with E-state index >= 15 is 0 Å². The topological polar surface area (TPSA) is 49.3 Å². The number of carbonyl (C=O) groups is 1. The Labute approximate surface area is 133 Å². The SMILES string of the molecule is Cc1ccccc1SCC(=O)NCC(C)(O)c1cccs1. The van der Waals surface area contributed by atoms with Crippen molar-refractivity contribution in [2.75, 3.05) is 12.3 Å². The summed E-state index contributed by atoms with van der Waals surface area (Å²) < 4.78 is 0. The van der Waals surface area contributed by atoms with Gasteiger partial charge in [-0.3, -0.25) is 4.79 Å². The molecule has 3 nitrogen and oxygen atoms in total. The Morgan fingerprint density at radius 3 is 2.76 bits per heavy atom. The molecule has 0 aliphatic carbocycles. The molecule has 1 aromatic heterocycles. The van der Waals surface area contributed by atoms with E-state index in [4.69, 9.17) is 0 Å². The monoisotopic (exact) mass is 321 g/mol. The number of hydrogen-bond donors (Lipinski definition) is 2. The summed E-state index contributed by atoms with van der Waals surface area (Å²) in [6.45, 7) is 3.97. The van der Waals surface area contributed by atoms with Crippen LogP contribution in [0.2, 0.25) is 0 Å². The molecule has 112 valence electrons. The van der Waals surface area contributed by atoms with Gasteiger partial charge < -0.3 is 10.4 Å². The highest BCUT2D eigenvalue weighted by Gasteiger charge is 2.24. The summed E-state index contributed by atoms with van der Waals surface area (Å²) in [4.78, 5) is 13.9. The zero-order valence-electron chi connectivity index (χ0n) is 12.1. The van der Waals surface area contributed by atoms with E-state index in [1.54, 1.807) is 6.92 Å². The van der Waals surface area contributed by atoms with Gasteiger partial charge in [0.15, 0.2) is 0 Å². The Morgan fingerprint density at radius 1 is 1.33 bits per heavy atom. The van der Waals surface area contributed by atoms with E-state index in [0.717, 1.165) is 9.77 Å². The van der Waals surface area contributed by atoms with Gasteiger partial charge in [-0.2, -0.15) is 0 Å². The molecule has 1 aromatic carbocycles. The predicted octanol–water partition coefficient (Wildman–Crippen LogP) is 3.17. The van der Waals surface area contributed by atoms with E-state index in [-0.39, 0.29) is 12.5 Å². The van der Waals surface area contributed by atoms with Gasteiger partial charge in [-0.15, -0.1) is 23.1 Å². The van der Waals surface area contributed by atoms with Crippen molar-refractivity contribution >= 4 is 29.0 Å². The Balaban J connectivity index is 1.82. The number of nitrogens with one attached hydrogen (secondary N) is 1. The van der Waals surface area contributed by atoms with Gasteiger partial charge in [-0.05, 0) is 36.9 Å². The molecule has 1 atom stereocenters. The van der Waals surface area contributed by atoms with Crippen LogP contribution >= 0.6 is 23.1 Å². The number of thiophene rings is 1. The number of aryl methyl sites for hydroxylation is 1. The van der Waals surface area contributed by atoms with Crippen molar-refractivity contribution in [2.24, 2.45) is 0 Å². The van der Waals surface area contributed by atoms with Crippen LogP contribution in [0.4, 0.5) is 0 Å². The molecule has 1 heterocycles. The minimum absolute atomic E-state index is 0.0694. The number of amides is 1. The molecule has 5 heteroatoms. The van der Waals surface area contributed by atoms with E-state index < -0.39 is 5.60 Å². The van der Waals surface area contributed by atoms with Crippen LogP contribution in [0.3, 0.4) is 0 Å². The molecule has 0 aliphatic rings. The zero-order chi connectivity index (χ0) is 15.3. The van der Waals surface area contributed by atoms with Gasteiger partial charge in [-0.1, -0.05) is 24.3 Å². The number of aliphatic hydroxyl groups is 1. The van der Waals surface area contributed by atoms with E-state index in [1.807, 2.05) is 48.7 Å². The van der Waals surface area contributed by atoms with Gasteiger partial charge in [-0.25, -0.2) is 0 Å². The first-order valence-corrected chi connectivity index (χ1v) is 8.57. The third-order valence-corrected chi connectivity index (χ3v) is 5.43. The molecular formula is C16H19NO2S2. The quantitative estimate of drug-likeness (QED) is 0.804. The maximum absolute atomic E-state index is 11.9. The first-order chi connectivity index (χ1) is 9.99. The summed E-state index contributed by atoms with van der Waals surface area (Å²) in [5, 5.41) is 15.1. The molecule has 0 fully saturated rings. The highest BCUT2D eigenvalue weighted by molar-refractivity contribution is 8.00. The van der Waals surface area contributed by atoms with Gasteiger partial charge in [0.1, 0.15) is 5.60 Å². The molecular weight excluding hydrogens is 302 g/mol. The second kappa shape index (κ2) is 7.11. The van der Waals surface area contributed by atoms with Crippen LogP contribution in [0.25, 0.3) is 0 Å². The Hall–Kier alpha value is -1.30. The molecule has 0 bridgehead atoms. The molecule has 0 saturated heterocycles. The van der Waals surface area contributed by atoms with Crippen LogP contribution < -0.4 is 5.32 Å². The largest absolute Gasteiger partial charge is 0.383 e. The van der Waals surface area contributed by atoms with Crippen LogP contribution in [0.1, 0.15) is 17.4 Å². The smallest absolute Gasteiger partial charge is 0.230 e. The fraction of sp³-hybridized carbons (Fsp3) is 0.312. The summed E-state index contributed by atoms with van der Waals surface area (Å²) in [5.74, 6) is 0.283. The third-order valence-electron chi connectivity index (χ3n) is 3.13. The number of hydrogen-bond acceptors (Lipinski definition) is 4. The lowest BCUT2D eigenvalue weighted by Gasteiger charge is -2.22. The van der Waals surface area contributed by atoms with Crippen molar-refractivity contribution in [3.63, 3.8) is 0 Å². The number of benzene rings is 1. The molecule has 2 aromatic rings. The average Bonchev–Trinajstić information content (AvgIpc) is 2.99. The minimum Gasteiger partial charge on any atom is -0.383 e. The van der Waals surface area contributed by atoms with Crippen molar-refractivity contribution in [1.82, 2.24) is 5.32 Å². The number of rotatable bonds is 6. The highest BCUT2D eigenvalue weighted by Crippen LogP contribution is 2.25. The molecule has 1 amide bonds. The van der Waals surface area contributed by atoms with Crippen molar-refractivity contribution in [3.8, 4) is 0 Å². The predicted molar refractivity (Wildman–Crippen MR) is 88.8 cm³/mol. The molecule has 0 saturated carbocycles. The van der Waals surface area contributed by atoms with Crippen LogP contribution in [-0.2, 0) is 10.4 Å². The second-order valence-electron chi connectivity index (χ2n) is 5.08. The van der Waals surface area contributed by atoms with Gasteiger partial charge in [0.25, 0.3) is 0 Å². The molecule has 21 heavy (non-hydrogen) atoms. The van der Waals surface area contributed by atoms with Crippen LogP contribution in [0.15, 0.2) is 46.7 Å². The standard InChI is InChI=1S/C16H19NO2S2/c1-12-6-3-4-7-13(12)21-10-15(18)17-11-16(2,19)14-8-5-9-20-14/h3-9,19H,10-11H2,1-2H3,(H,17,18). The second-order valence-corrected chi connectivity index (χ2v) is 7.05. The van der Waals surface area contributed by atoms with Crippen molar-refractivity contribution in [2.45, 2.75) is 24.3 Å². The van der Waals surface area contributed by atoms with Gasteiger partial charge >= 0.3 is 0 Å². The normalized spacial score (nSPS) is 13.7. The van der Waals surface area contributed by atoms with Crippen LogP contribution in [0, 0.1) is 6.92 Å². The van der Waals surface area contributed by atoms with Crippen molar-refractivity contribution < 1.29 is 9.90 Å². The van der Waals surface area contributed by atoms with Gasteiger partial charge in [0, 0.05) is 9.77 Å². The molecule has 0 radical (unpaired) electrons. The molecule has 2 rings (SSSR count). The van der Waals surface area contributed by atoms with Crippen molar-refractivity contribution in [1.29, 1.82) is 0 Å². The Bertz CT molecular complexity index is 594. The van der Waals surface area contributed by atoms with Crippen LogP contribution in [-0.4, -0.2) is 23.3 Å². The summed E-state index contributed by atoms with van der Waals surface area (Å²) in [6.07, 6.45) is 0. The minimum atomic E-state index is -1.02. The first kappa shape index (κ1) is 16.1.